The predicted molar refractivity (Wildman–Crippen MR) is 318 cm³/mol. The van der Waals surface area contributed by atoms with Crippen molar-refractivity contribution in [2.24, 2.45) is 0 Å². The van der Waals surface area contributed by atoms with E-state index < -0.39 is 215 Å². The third-order valence-corrected chi connectivity index (χ3v) is 19.3. The molecule has 35 atom stereocenters. The summed E-state index contributed by atoms with van der Waals surface area (Å²) in [6.45, 7) is 0.255. The third-order valence-electron chi connectivity index (χ3n) is 19.3. The van der Waals surface area contributed by atoms with Crippen LogP contribution in [0, 0.1) is 0 Å². The number of nitrogens with one attached hydrogen (secondary N) is 1. The van der Waals surface area contributed by atoms with Crippen molar-refractivity contribution in [2.75, 3.05) is 181 Å². The van der Waals surface area contributed by atoms with E-state index in [1.807, 2.05) is 0 Å². The van der Waals surface area contributed by atoms with Crippen molar-refractivity contribution in [1.29, 1.82) is 0 Å². The Labute approximate surface area is 556 Å². The van der Waals surface area contributed by atoms with E-state index in [-0.39, 0.29) is 46.1 Å². The highest BCUT2D eigenvalue weighted by Crippen LogP contribution is 2.43. The van der Waals surface area contributed by atoms with Crippen molar-refractivity contribution in [3.63, 3.8) is 0 Å². The van der Waals surface area contributed by atoms with Gasteiger partial charge in [0.1, 0.15) is 171 Å². The number of hydrogen-bond donors (Lipinski definition) is 1. The van der Waals surface area contributed by atoms with Crippen molar-refractivity contribution >= 4 is 0 Å². The number of ether oxygens (including phenoxy) is 33. The first-order chi connectivity index (χ1) is 46.3. The number of methoxy groups -OCH3 is 19. The molecule has 95 heavy (non-hydrogen) atoms. The van der Waals surface area contributed by atoms with Crippen molar-refractivity contribution in [3.8, 4) is 0 Å². The highest BCUT2D eigenvalue weighted by Gasteiger charge is 2.62. The van der Waals surface area contributed by atoms with E-state index in [1.165, 1.54) is 121 Å². The van der Waals surface area contributed by atoms with Gasteiger partial charge in [0.2, 0.25) is 0 Å². The minimum atomic E-state index is -1.21. The van der Waals surface area contributed by atoms with Crippen LogP contribution in [0.1, 0.15) is 0 Å². The largest absolute Gasteiger partial charge is 0.382 e. The van der Waals surface area contributed by atoms with Crippen molar-refractivity contribution in [3.05, 3.63) is 0 Å². The summed E-state index contributed by atoms with van der Waals surface area (Å²) >= 11 is 0. The Morgan fingerprint density at radius 3 is 0.526 bits per heavy atom. The minimum absolute atomic E-state index is 0.0136. The molecule has 14 bridgehead atoms. The summed E-state index contributed by atoms with van der Waals surface area (Å²) in [5.41, 5.74) is 0. The molecule has 0 saturated carbocycles. The summed E-state index contributed by atoms with van der Waals surface area (Å²) in [4.78, 5) is 0. The molecule has 0 radical (unpaired) electrons. The van der Waals surface area contributed by atoms with E-state index in [4.69, 9.17) is 156 Å². The molecule has 0 aromatic heterocycles. The average molecular weight is 1380 g/mol. The molecule has 0 aromatic rings. The van der Waals surface area contributed by atoms with Crippen molar-refractivity contribution < 1.29 is 156 Å². The van der Waals surface area contributed by atoms with Gasteiger partial charge in [-0.15, -0.1) is 0 Å². The molecule has 18 fully saturated rings. The van der Waals surface area contributed by atoms with Gasteiger partial charge in [0.05, 0.1) is 33.0 Å². The van der Waals surface area contributed by atoms with Crippen LogP contribution < -0.4 is 5.32 Å². The molecule has 18 saturated heterocycles. The zero-order valence-corrected chi connectivity index (χ0v) is 58.1. The normalized spacial score (nSPS) is 47.7. The second kappa shape index (κ2) is 37.2. The number of fused-ring (bicyclic) bond motifs is 2. The lowest BCUT2D eigenvalue weighted by Gasteiger charge is -2.52. The molecule has 34 heteroatoms. The van der Waals surface area contributed by atoms with Gasteiger partial charge in [-0.05, 0) is 0 Å². The van der Waals surface area contributed by atoms with Crippen LogP contribution in [0.15, 0.2) is 0 Å². The molecule has 18 rings (SSSR count). The zero-order valence-electron chi connectivity index (χ0n) is 58.1. The van der Waals surface area contributed by atoms with E-state index in [9.17, 15) is 0 Å². The maximum absolute atomic E-state index is 7.08. The average Bonchev–Trinajstić information content (AvgIpc) is 1.52. The summed E-state index contributed by atoms with van der Waals surface area (Å²) in [7, 11) is 29.0. The van der Waals surface area contributed by atoms with Gasteiger partial charge in [-0.25, -0.2) is 0 Å². The van der Waals surface area contributed by atoms with Gasteiger partial charge in [0.15, 0.2) is 44.0 Å². The van der Waals surface area contributed by atoms with E-state index in [1.54, 1.807) is 14.2 Å². The number of rotatable bonds is 24. The predicted octanol–water partition coefficient (Wildman–Crippen LogP) is -2.18. The van der Waals surface area contributed by atoms with Gasteiger partial charge in [-0.2, -0.15) is 0 Å². The number of hydrogen-bond acceptors (Lipinski definition) is 34. The second-order valence-electron chi connectivity index (χ2n) is 24.2. The van der Waals surface area contributed by atoms with Crippen LogP contribution in [0.25, 0.3) is 0 Å². The highest BCUT2D eigenvalue weighted by atomic mass is 16.8. The summed E-state index contributed by atoms with van der Waals surface area (Å²) in [5, 5.41) is 3.55. The highest BCUT2D eigenvalue weighted by molar-refractivity contribution is 5.05. The van der Waals surface area contributed by atoms with Gasteiger partial charge in [-0.1, -0.05) is 0 Å². The Morgan fingerprint density at radius 1 is 0.200 bits per heavy atom. The fourth-order valence-electron chi connectivity index (χ4n) is 15.0. The Hall–Kier alpha value is -1.36. The molecular weight excluding hydrogens is 1270 g/mol. The first-order valence-corrected chi connectivity index (χ1v) is 32.0. The zero-order chi connectivity index (χ0) is 68.2. The van der Waals surface area contributed by atoms with Crippen LogP contribution in [0.3, 0.4) is 0 Å². The van der Waals surface area contributed by atoms with Crippen LogP contribution in [-0.4, -0.2) is 396 Å². The van der Waals surface area contributed by atoms with Crippen LogP contribution in [0.5, 0.6) is 0 Å². The summed E-state index contributed by atoms with van der Waals surface area (Å²) in [6.07, 6.45) is -34.3. The Balaban J connectivity index is 1.13. The lowest BCUT2D eigenvalue weighted by molar-refractivity contribution is -0.402. The molecule has 34 nitrogen and oxygen atoms in total. The van der Waals surface area contributed by atoms with E-state index in [2.05, 4.69) is 5.32 Å². The topological polar surface area (TPSA) is 317 Å². The molecule has 554 valence electrons. The van der Waals surface area contributed by atoms with Gasteiger partial charge in [0, 0.05) is 148 Å². The molecule has 0 spiro atoms. The smallest absolute Gasteiger partial charge is 0.187 e. The molecule has 33 unspecified atom stereocenters. The van der Waals surface area contributed by atoms with Crippen molar-refractivity contribution in [2.45, 2.75) is 215 Å². The van der Waals surface area contributed by atoms with Gasteiger partial charge < -0.3 is 162 Å². The van der Waals surface area contributed by atoms with Gasteiger partial charge >= 0.3 is 0 Å². The van der Waals surface area contributed by atoms with Crippen LogP contribution in [-0.2, 0) is 156 Å². The first kappa shape index (κ1) is 77.8. The SMILES string of the molecule is COCC1OC2OC3C(COC)OC(OC4C(COC)OC(OC5C(COC)OC(OC6C7CNCC8O[C@@H](OC9C(COC)OC(OC1C(OC)C2OC)C(OC)C9OC)C(OC)C(OC)C8OC(O7)C(OC)C6OC)C(OC)C5OC)C(OC)[C@@H]4OC)C(OC)C3OC. The maximum atomic E-state index is 7.08. The minimum Gasteiger partial charge on any atom is -0.382 e. The summed E-state index contributed by atoms with van der Waals surface area (Å²) in [5.74, 6) is 0. The standard InChI is InChI=1S/C61H107NO33/c1-63-22-29-36-43(70-8)51(78-16)58(85-29)93-38-31(24-65-3)87-60(53(80-18)45(38)72-10)95-40-33(26-67-5)88-61(54(81-19)47(40)74-12)94-39-32(25-66-4)86-59(52(79-17)46(39)73-11)92-37-30(23-64-2)84-57(50(77-15)44(37)71-9)90-35-28-21-62-20-27-34(41(68-6)49(76-14)56(83-27)91-36)89-55(82-28)48(75-13)42(35)69-7/h27-62H,20-26H2,1-19H3/t27?,28?,29?,30?,31?,32?,33?,34?,35?,36?,37?,38?,39?,40?,41?,42?,43?,44?,45?,46-,47?,48?,49?,50?,51?,52?,53?,54?,55?,56+,57?,58?,59?,60?,61?/m1/s1. The Bertz CT molecular complexity index is 2190. The molecule has 18 heterocycles. The third kappa shape index (κ3) is 16.4. The van der Waals surface area contributed by atoms with E-state index in [0.717, 1.165) is 0 Å². The summed E-state index contributed by atoms with van der Waals surface area (Å²) < 4.78 is 215. The fourth-order valence-corrected chi connectivity index (χ4v) is 15.0. The molecular formula is C61H107NO33. The molecule has 0 amide bonds. The Morgan fingerprint density at radius 2 is 0.358 bits per heavy atom. The Kier molecular flexibility index (Phi) is 30.5. The monoisotopic (exact) mass is 1380 g/mol. The maximum Gasteiger partial charge on any atom is 0.187 e. The van der Waals surface area contributed by atoms with E-state index in [0.29, 0.717) is 0 Å². The molecule has 1 N–H and O–H groups in total. The molecule has 0 aliphatic carbocycles. The molecule has 18 aliphatic rings. The first-order valence-electron chi connectivity index (χ1n) is 32.0. The van der Waals surface area contributed by atoms with Gasteiger partial charge in [-0.3, -0.25) is 0 Å². The molecule has 0 aromatic carbocycles. The lowest BCUT2D eigenvalue weighted by atomic mass is 9.94. The summed E-state index contributed by atoms with van der Waals surface area (Å²) in [6, 6.07) is 0. The molecule has 18 aliphatic heterocycles. The van der Waals surface area contributed by atoms with Crippen LogP contribution >= 0.6 is 0 Å². The fraction of sp³-hybridized carbons (Fsp3) is 1.00. The van der Waals surface area contributed by atoms with Crippen LogP contribution in [0.4, 0.5) is 0 Å². The van der Waals surface area contributed by atoms with E-state index >= 15 is 0 Å². The van der Waals surface area contributed by atoms with Gasteiger partial charge in [0.25, 0.3) is 0 Å². The second-order valence-corrected chi connectivity index (χ2v) is 24.2. The lowest BCUT2D eigenvalue weighted by Crippen LogP contribution is -2.69. The van der Waals surface area contributed by atoms with Crippen LogP contribution in [0.2, 0.25) is 0 Å². The van der Waals surface area contributed by atoms with Crippen molar-refractivity contribution in [1.82, 2.24) is 5.32 Å². The quantitative estimate of drug-likeness (QED) is 0.107.